The Morgan fingerprint density at radius 2 is 2.29 bits per heavy atom. The van der Waals surface area contributed by atoms with E-state index in [0.717, 1.165) is 6.42 Å². The minimum atomic E-state index is -0.208. The molecule has 8 nitrogen and oxygen atoms in total. The number of carbonyl (C=O) groups excluding carboxylic acids is 2. The van der Waals surface area contributed by atoms with Gasteiger partial charge in [-0.15, -0.1) is 0 Å². The fourth-order valence-corrected chi connectivity index (χ4v) is 3.11. The Kier molecular flexibility index (Phi) is 4.48. The summed E-state index contributed by atoms with van der Waals surface area (Å²) in [6, 6.07) is 1.73. The van der Waals surface area contributed by atoms with Crippen molar-refractivity contribution < 1.29 is 18.8 Å². The Morgan fingerprint density at radius 1 is 1.50 bits per heavy atom. The van der Waals surface area contributed by atoms with E-state index in [0.29, 0.717) is 41.1 Å². The smallest absolute Gasteiger partial charge is 0.259 e. The topological polar surface area (TPSA) is 97.6 Å². The lowest BCUT2D eigenvalue weighted by Gasteiger charge is -2.15. The van der Waals surface area contributed by atoms with E-state index in [1.807, 2.05) is 0 Å². The summed E-state index contributed by atoms with van der Waals surface area (Å²) in [5.74, 6) is -0.242. The van der Waals surface area contributed by atoms with Crippen molar-refractivity contribution in [2.75, 3.05) is 33.9 Å². The molecule has 1 aliphatic heterocycles. The van der Waals surface area contributed by atoms with Crippen LogP contribution in [-0.2, 0) is 9.53 Å². The molecule has 1 aliphatic rings. The van der Waals surface area contributed by atoms with E-state index >= 15 is 0 Å². The monoisotopic (exact) mass is 332 g/mol. The van der Waals surface area contributed by atoms with E-state index in [-0.39, 0.29) is 24.3 Å². The van der Waals surface area contributed by atoms with Crippen molar-refractivity contribution in [2.45, 2.75) is 19.3 Å². The lowest BCUT2D eigenvalue weighted by Crippen LogP contribution is -2.31. The number of aromatic nitrogens is 2. The van der Waals surface area contributed by atoms with Gasteiger partial charge in [0.2, 0.25) is 5.91 Å². The zero-order valence-corrected chi connectivity index (χ0v) is 14.0. The zero-order chi connectivity index (χ0) is 17.3. The van der Waals surface area contributed by atoms with Crippen molar-refractivity contribution in [1.82, 2.24) is 20.4 Å². The molecule has 2 aromatic rings. The average Bonchev–Trinajstić information content (AvgIpc) is 3.19. The van der Waals surface area contributed by atoms with Crippen LogP contribution in [0.25, 0.3) is 11.1 Å². The molecule has 24 heavy (non-hydrogen) atoms. The van der Waals surface area contributed by atoms with Gasteiger partial charge in [-0.25, -0.2) is 4.98 Å². The van der Waals surface area contributed by atoms with Gasteiger partial charge in [-0.2, -0.15) is 0 Å². The molecular weight excluding hydrogens is 312 g/mol. The highest BCUT2D eigenvalue weighted by Gasteiger charge is 2.32. The molecule has 3 rings (SSSR count). The van der Waals surface area contributed by atoms with Crippen LogP contribution in [-0.4, -0.2) is 60.7 Å². The molecule has 128 valence electrons. The number of fused-ring (bicyclic) bond motifs is 1. The van der Waals surface area contributed by atoms with Crippen molar-refractivity contribution in [3.8, 4) is 0 Å². The first-order valence-electron chi connectivity index (χ1n) is 7.80. The number of amides is 2. The maximum Gasteiger partial charge on any atom is 0.259 e. The zero-order valence-electron chi connectivity index (χ0n) is 14.0. The number of nitrogens with one attached hydrogen (secondary N) is 1. The Balaban J connectivity index is 1.96. The van der Waals surface area contributed by atoms with Crippen LogP contribution in [0.4, 0.5) is 0 Å². The second-order valence-corrected chi connectivity index (χ2v) is 5.90. The van der Waals surface area contributed by atoms with Gasteiger partial charge in [0.05, 0.1) is 16.6 Å². The Bertz CT molecular complexity index is 786. The number of rotatable bonds is 4. The number of ether oxygens (including phenoxy) is 1. The van der Waals surface area contributed by atoms with Crippen LogP contribution in [0.15, 0.2) is 10.6 Å². The molecule has 2 amide bonds. The van der Waals surface area contributed by atoms with Crippen LogP contribution in [0, 0.1) is 6.92 Å². The number of likely N-dealkylation sites (tertiary alicyclic amines) is 1. The summed E-state index contributed by atoms with van der Waals surface area (Å²) in [5, 5.41) is 7.41. The van der Waals surface area contributed by atoms with Gasteiger partial charge in [-0.3, -0.25) is 9.59 Å². The molecule has 8 heteroatoms. The second-order valence-electron chi connectivity index (χ2n) is 5.90. The molecule has 1 N–H and O–H groups in total. The third-order valence-electron chi connectivity index (χ3n) is 4.27. The van der Waals surface area contributed by atoms with Crippen molar-refractivity contribution in [3.63, 3.8) is 0 Å². The maximum atomic E-state index is 12.2. The van der Waals surface area contributed by atoms with Crippen LogP contribution in [0.2, 0.25) is 0 Å². The highest BCUT2D eigenvalue weighted by Crippen LogP contribution is 2.33. The van der Waals surface area contributed by atoms with E-state index < -0.39 is 0 Å². The molecule has 0 spiro atoms. The summed E-state index contributed by atoms with van der Waals surface area (Å²) in [4.78, 5) is 30.2. The summed E-state index contributed by atoms with van der Waals surface area (Å²) >= 11 is 0. The standard InChI is InChI=1S/C16H20N4O4/c1-9-6-11(15(22)17-2)13-14(19-24-16(13)18-9)10-4-5-20(7-10)12(21)8-23-3/h6,10H,4-5,7-8H2,1-3H3,(H,17,22). The lowest BCUT2D eigenvalue weighted by atomic mass is 9.99. The maximum absolute atomic E-state index is 12.2. The molecule has 0 radical (unpaired) electrons. The number of hydrogen-bond acceptors (Lipinski definition) is 6. The van der Waals surface area contributed by atoms with Gasteiger partial charge >= 0.3 is 0 Å². The molecule has 1 saturated heterocycles. The summed E-state index contributed by atoms with van der Waals surface area (Å²) in [6.07, 6.45) is 0.762. The first kappa shape index (κ1) is 16.4. The van der Waals surface area contributed by atoms with Gasteiger partial charge in [0.25, 0.3) is 11.6 Å². The van der Waals surface area contributed by atoms with Crippen LogP contribution >= 0.6 is 0 Å². The fourth-order valence-electron chi connectivity index (χ4n) is 3.11. The number of nitrogens with zero attached hydrogens (tertiary/aromatic N) is 3. The highest BCUT2D eigenvalue weighted by molar-refractivity contribution is 6.06. The van der Waals surface area contributed by atoms with Crippen LogP contribution < -0.4 is 5.32 Å². The van der Waals surface area contributed by atoms with Gasteiger partial charge < -0.3 is 19.5 Å². The minimum Gasteiger partial charge on any atom is -0.375 e. The Hall–Kier alpha value is -2.48. The van der Waals surface area contributed by atoms with Crippen LogP contribution in [0.5, 0.6) is 0 Å². The molecule has 3 heterocycles. The van der Waals surface area contributed by atoms with Crippen molar-refractivity contribution >= 4 is 22.9 Å². The summed E-state index contributed by atoms with van der Waals surface area (Å²) in [6.45, 7) is 3.03. The molecule has 0 aliphatic carbocycles. The first-order chi connectivity index (χ1) is 11.5. The van der Waals surface area contributed by atoms with Gasteiger partial charge in [-0.05, 0) is 19.4 Å². The molecule has 0 aromatic carbocycles. The number of carbonyl (C=O) groups is 2. The van der Waals surface area contributed by atoms with Crippen molar-refractivity contribution in [1.29, 1.82) is 0 Å². The molecule has 1 unspecified atom stereocenters. The van der Waals surface area contributed by atoms with E-state index in [1.165, 1.54) is 7.11 Å². The first-order valence-corrected chi connectivity index (χ1v) is 7.80. The average molecular weight is 332 g/mol. The van der Waals surface area contributed by atoms with E-state index in [1.54, 1.807) is 24.9 Å². The van der Waals surface area contributed by atoms with E-state index in [4.69, 9.17) is 9.26 Å². The minimum absolute atomic E-state index is 0.0139. The van der Waals surface area contributed by atoms with Gasteiger partial charge in [0.1, 0.15) is 6.61 Å². The molecule has 2 aromatic heterocycles. The van der Waals surface area contributed by atoms with Crippen molar-refractivity contribution in [2.24, 2.45) is 0 Å². The molecular formula is C16H20N4O4. The number of pyridine rings is 1. The predicted octanol–water partition coefficient (Wildman–Crippen LogP) is 0.853. The van der Waals surface area contributed by atoms with E-state index in [9.17, 15) is 9.59 Å². The number of hydrogen-bond donors (Lipinski definition) is 1. The van der Waals surface area contributed by atoms with Crippen molar-refractivity contribution in [3.05, 3.63) is 23.0 Å². The quantitative estimate of drug-likeness (QED) is 0.891. The predicted molar refractivity (Wildman–Crippen MR) is 85.7 cm³/mol. The number of aryl methyl sites for hydroxylation is 1. The molecule has 1 fully saturated rings. The summed E-state index contributed by atoms with van der Waals surface area (Å²) in [5.41, 5.74) is 2.22. The summed E-state index contributed by atoms with van der Waals surface area (Å²) < 4.78 is 10.3. The van der Waals surface area contributed by atoms with Crippen LogP contribution in [0.1, 0.15) is 34.1 Å². The SMILES string of the molecule is CNC(=O)c1cc(C)nc2onc(C3CCN(C(=O)COC)C3)c12. The van der Waals surface area contributed by atoms with Gasteiger partial charge in [0, 0.05) is 38.9 Å². The van der Waals surface area contributed by atoms with Gasteiger partial charge in [0.15, 0.2) is 0 Å². The Labute approximate surface area is 139 Å². The summed E-state index contributed by atoms with van der Waals surface area (Å²) in [7, 11) is 3.08. The molecule has 1 atom stereocenters. The van der Waals surface area contributed by atoms with Gasteiger partial charge in [-0.1, -0.05) is 5.16 Å². The molecule has 0 saturated carbocycles. The van der Waals surface area contributed by atoms with Crippen LogP contribution in [0.3, 0.4) is 0 Å². The normalized spacial score (nSPS) is 17.5. The van der Waals surface area contributed by atoms with E-state index in [2.05, 4.69) is 15.5 Å². The lowest BCUT2D eigenvalue weighted by molar-refractivity contribution is -0.134. The molecule has 0 bridgehead atoms. The fraction of sp³-hybridized carbons (Fsp3) is 0.500. The third kappa shape index (κ3) is 2.84. The second kappa shape index (κ2) is 6.56. The third-order valence-corrected chi connectivity index (χ3v) is 4.27. The Morgan fingerprint density at radius 3 is 3.00 bits per heavy atom. The largest absolute Gasteiger partial charge is 0.375 e. The number of methoxy groups -OCH3 is 1. The highest BCUT2D eigenvalue weighted by atomic mass is 16.5.